The fourth-order valence-electron chi connectivity index (χ4n) is 3.14. The Hall–Kier alpha value is -2.68. The Morgan fingerprint density at radius 3 is 2.59 bits per heavy atom. The van der Waals surface area contributed by atoms with Crippen molar-refractivity contribution in [3.8, 4) is 11.5 Å². The molecule has 1 aromatic carbocycles. The van der Waals surface area contributed by atoms with Gasteiger partial charge in [0.1, 0.15) is 0 Å². The van der Waals surface area contributed by atoms with Crippen LogP contribution in [0.1, 0.15) is 56.7 Å². The van der Waals surface area contributed by atoms with Gasteiger partial charge in [-0.15, -0.1) is 11.3 Å². The number of ether oxygens (including phenoxy) is 2. The van der Waals surface area contributed by atoms with Gasteiger partial charge in [-0.2, -0.15) is 8.78 Å². The summed E-state index contributed by atoms with van der Waals surface area (Å²) >= 11 is 1.45. The van der Waals surface area contributed by atoms with Crippen molar-refractivity contribution >= 4 is 23.2 Å². The van der Waals surface area contributed by atoms with Gasteiger partial charge in [0.2, 0.25) is 0 Å². The lowest BCUT2D eigenvalue weighted by Crippen LogP contribution is -2.41. The monoisotopic (exact) mass is 424 g/mol. The summed E-state index contributed by atoms with van der Waals surface area (Å²) in [5.74, 6) is -1.13. The first-order chi connectivity index (χ1) is 14.0. The summed E-state index contributed by atoms with van der Waals surface area (Å²) in [5.41, 5.74) is 6.09. The zero-order valence-corrected chi connectivity index (χ0v) is 16.7. The van der Waals surface area contributed by atoms with Crippen LogP contribution < -0.4 is 20.3 Å². The molecular weight excluding hydrogens is 402 g/mol. The fourth-order valence-corrected chi connectivity index (χ4v) is 4.29. The maximum absolute atomic E-state index is 12.5. The molecule has 2 amide bonds. The number of alkyl halides is 2. The van der Waals surface area contributed by atoms with Crippen LogP contribution in [0.15, 0.2) is 24.3 Å². The highest BCUT2D eigenvalue weighted by Crippen LogP contribution is 2.30. The van der Waals surface area contributed by atoms with Crippen LogP contribution in [-0.2, 0) is 12.8 Å². The van der Waals surface area contributed by atoms with E-state index < -0.39 is 12.5 Å². The van der Waals surface area contributed by atoms with Crippen LogP contribution in [0.25, 0.3) is 0 Å². The third kappa shape index (κ3) is 5.44. The number of thiophene rings is 1. The third-order valence-corrected chi connectivity index (χ3v) is 5.72. The molecule has 2 aromatic rings. The lowest BCUT2D eigenvalue weighted by atomic mass is 10.1. The molecule has 1 aliphatic rings. The predicted octanol–water partition coefficient (Wildman–Crippen LogP) is 4.09. The highest BCUT2D eigenvalue weighted by atomic mass is 32.1. The molecule has 0 bridgehead atoms. The number of carbonyl (C=O) groups is 2. The second-order valence-electron chi connectivity index (χ2n) is 6.50. The Balaban J connectivity index is 1.64. The minimum atomic E-state index is -3.01. The number of hydrogen-bond acceptors (Lipinski definition) is 5. The van der Waals surface area contributed by atoms with E-state index in [2.05, 4.69) is 15.6 Å². The van der Waals surface area contributed by atoms with Crippen molar-refractivity contribution in [2.45, 2.75) is 45.6 Å². The van der Waals surface area contributed by atoms with Crippen LogP contribution in [-0.4, -0.2) is 25.0 Å². The predicted molar refractivity (Wildman–Crippen MR) is 105 cm³/mol. The molecule has 0 saturated carbocycles. The highest BCUT2D eigenvalue weighted by Gasteiger charge is 2.18. The Kier molecular flexibility index (Phi) is 7.03. The van der Waals surface area contributed by atoms with E-state index >= 15 is 0 Å². The topological polar surface area (TPSA) is 76.7 Å². The van der Waals surface area contributed by atoms with Crippen molar-refractivity contribution in [2.24, 2.45) is 0 Å². The first-order valence-corrected chi connectivity index (χ1v) is 10.2. The molecule has 0 fully saturated rings. The second-order valence-corrected chi connectivity index (χ2v) is 7.64. The fraction of sp³-hybridized carbons (Fsp3) is 0.400. The molecule has 6 nitrogen and oxygen atoms in total. The minimum Gasteiger partial charge on any atom is -0.490 e. The van der Waals surface area contributed by atoms with E-state index in [4.69, 9.17) is 4.74 Å². The molecule has 9 heteroatoms. The lowest BCUT2D eigenvalue weighted by molar-refractivity contribution is -0.0514. The maximum Gasteiger partial charge on any atom is 0.387 e. The number of fused-ring (bicyclic) bond motifs is 1. The molecule has 29 heavy (non-hydrogen) atoms. The molecule has 0 spiro atoms. The number of rotatable bonds is 6. The van der Waals surface area contributed by atoms with Gasteiger partial charge in [-0.05, 0) is 62.4 Å². The Morgan fingerprint density at radius 2 is 1.83 bits per heavy atom. The summed E-state index contributed by atoms with van der Waals surface area (Å²) in [6.45, 7) is -1.11. The summed E-state index contributed by atoms with van der Waals surface area (Å²) in [4.78, 5) is 26.5. The number of nitrogens with one attached hydrogen (secondary N) is 2. The molecule has 1 heterocycles. The average molecular weight is 424 g/mol. The molecular formula is C20H22F2N2O4S. The van der Waals surface area contributed by atoms with Gasteiger partial charge in [0.05, 0.1) is 11.5 Å². The van der Waals surface area contributed by atoms with Gasteiger partial charge in [-0.1, -0.05) is 6.42 Å². The number of hydrazine groups is 1. The summed E-state index contributed by atoms with van der Waals surface area (Å²) in [5, 5.41) is 0. The van der Waals surface area contributed by atoms with Crippen molar-refractivity contribution in [3.63, 3.8) is 0 Å². The number of halogens is 2. The van der Waals surface area contributed by atoms with E-state index in [1.807, 2.05) is 6.07 Å². The van der Waals surface area contributed by atoms with Crippen molar-refractivity contribution in [2.75, 3.05) is 6.61 Å². The van der Waals surface area contributed by atoms with Gasteiger partial charge in [-0.3, -0.25) is 20.4 Å². The molecule has 0 saturated heterocycles. The molecule has 0 radical (unpaired) electrons. The van der Waals surface area contributed by atoms with Gasteiger partial charge in [0.25, 0.3) is 11.8 Å². The van der Waals surface area contributed by atoms with Crippen LogP contribution >= 0.6 is 11.3 Å². The maximum atomic E-state index is 12.5. The Morgan fingerprint density at radius 1 is 1.07 bits per heavy atom. The first kappa shape index (κ1) is 21.0. The van der Waals surface area contributed by atoms with E-state index in [0.29, 0.717) is 4.88 Å². The van der Waals surface area contributed by atoms with Gasteiger partial charge >= 0.3 is 6.61 Å². The van der Waals surface area contributed by atoms with Crippen molar-refractivity contribution in [3.05, 3.63) is 45.1 Å². The molecule has 0 unspecified atom stereocenters. The normalized spacial score (nSPS) is 13.4. The van der Waals surface area contributed by atoms with E-state index in [-0.39, 0.29) is 29.6 Å². The van der Waals surface area contributed by atoms with Crippen molar-refractivity contribution < 1.29 is 27.8 Å². The zero-order chi connectivity index (χ0) is 20.8. The van der Waals surface area contributed by atoms with Crippen LogP contribution in [0.3, 0.4) is 0 Å². The van der Waals surface area contributed by atoms with E-state index in [1.165, 1.54) is 46.4 Å². The van der Waals surface area contributed by atoms with Crippen LogP contribution in [0.5, 0.6) is 11.5 Å². The summed E-state index contributed by atoms with van der Waals surface area (Å²) in [7, 11) is 0. The smallest absolute Gasteiger partial charge is 0.387 e. The lowest BCUT2D eigenvalue weighted by Gasteiger charge is -2.13. The van der Waals surface area contributed by atoms with Crippen LogP contribution in [0.4, 0.5) is 8.78 Å². The van der Waals surface area contributed by atoms with Crippen LogP contribution in [0.2, 0.25) is 0 Å². The van der Waals surface area contributed by atoms with Gasteiger partial charge < -0.3 is 9.47 Å². The summed E-state index contributed by atoms with van der Waals surface area (Å²) < 4.78 is 34.6. The number of carbonyl (C=O) groups excluding carboxylic acids is 2. The van der Waals surface area contributed by atoms with Crippen molar-refractivity contribution in [1.82, 2.24) is 10.9 Å². The third-order valence-electron chi connectivity index (χ3n) is 4.48. The number of hydrogen-bond donors (Lipinski definition) is 2. The van der Waals surface area contributed by atoms with E-state index in [0.717, 1.165) is 25.7 Å². The molecule has 156 valence electrons. The quantitative estimate of drug-likeness (QED) is 0.541. The molecule has 0 atom stereocenters. The first-order valence-electron chi connectivity index (χ1n) is 9.42. The van der Waals surface area contributed by atoms with Gasteiger partial charge in [0.15, 0.2) is 11.5 Å². The average Bonchev–Trinajstić information content (AvgIpc) is 2.97. The number of amides is 2. The summed E-state index contributed by atoms with van der Waals surface area (Å²) in [6, 6.07) is 5.71. The zero-order valence-electron chi connectivity index (χ0n) is 15.9. The Labute approximate surface area is 171 Å². The molecule has 1 aliphatic carbocycles. The number of aryl methyl sites for hydroxylation is 2. The Bertz CT molecular complexity index is 862. The standard InChI is InChI=1S/C20H22F2N2O4S/c1-2-27-15-10-13(8-9-14(15)28-20(21)22)18(25)23-24-19(26)17-11-12-6-4-3-5-7-16(12)29-17/h8-11,20H,2-7H2,1H3,(H,23,25)(H,24,26). The van der Waals surface area contributed by atoms with Crippen LogP contribution in [0, 0.1) is 0 Å². The molecule has 2 N–H and O–H groups in total. The second kappa shape index (κ2) is 9.69. The van der Waals surface area contributed by atoms with Gasteiger partial charge in [0, 0.05) is 10.4 Å². The minimum absolute atomic E-state index is 0.0220. The summed E-state index contributed by atoms with van der Waals surface area (Å²) in [6.07, 6.45) is 5.39. The van der Waals surface area contributed by atoms with Gasteiger partial charge in [-0.25, -0.2) is 0 Å². The van der Waals surface area contributed by atoms with E-state index in [1.54, 1.807) is 6.92 Å². The molecule has 1 aromatic heterocycles. The molecule has 3 rings (SSSR count). The number of benzene rings is 1. The largest absolute Gasteiger partial charge is 0.490 e. The molecule has 0 aliphatic heterocycles. The van der Waals surface area contributed by atoms with E-state index in [9.17, 15) is 18.4 Å². The van der Waals surface area contributed by atoms with Crippen molar-refractivity contribution in [1.29, 1.82) is 0 Å². The highest BCUT2D eigenvalue weighted by molar-refractivity contribution is 7.14. The SMILES string of the molecule is CCOc1cc(C(=O)NNC(=O)c2cc3c(s2)CCCCC3)ccc1OC(F)F.